The molecule has 4 nitrogen and oxygen atoms in total. The maximum absolute atomic E-state index is 12.8. The molecule has 5 aromatic rings. The van der Waals surface area contributed by atoms with Crippen molar-refractivity contribution in [2.75, 3.05) is 0 Å². The van der Waals surface area contributed by atoms with Gasteiger partial charge in [-0.05, 0) is 44.8 Å². The maximum atomic E-state index is 12.8. The zero-order valence-corrected chi connectivity index (χ0v) is 16.8. The van der Waals surface area contributed by atoms with Crippen LogP contribution in [0, 0.1) is 0 Å². The Balaban J connectivity index is 1.57. The number of aromatic nitrogens is 3. The van der Waals surface area contributed by atoms with Crippen LogP contribution in [0.1, 0.15) is 16.7 Å². The van der Waals surface area contributed by atoms with E-state index in [9.17, 15) is 18.3 Å². The third-order valence-corrected chi connectivity index (χ3v) is 5.68. The van der Waals surface area contributed by atoms with E-state index in [1.165, 1.54) is 12.1 Å². The molecule has 0 aliphatic rings. The Morgan fingerprint density at radius 1 is 0.750 bits per heavy atom. The van der Waals surface area contributed by atoms with Crippen molar-refractivity contribution < 1.29 is 18.3 Å². The van der Waals surface area contributed by atoms with Gasteiger partial charge in [0.05, 0.1) is 24.9 Å². The maximum Gasteiger partial charge on any atom is 0.416 e. The number of rotatable bonds is 4. The molecule has 0 unspecified atom stereocenters. The highest BCUT2D eigenvalue weighted by molar-refractivity contribution is 6.05. The van der Waals surface area contributed by atoms with Crippen molar-refractivity contribution in [2.45, 2.75) is 19.3 Å². The molecule has 0 bridgehead atoms. The van der Waals surface area contributed by atoms with E-state index in [0.717, 1.165) is 44.8 Å². The Morgan fingerprint density at radius 2 is 1.28 bits per heavy atom. The molecule has 0 saturated carbocycles. The number of fused-ring (bicyclic) bond motifs is 2. The topological polar surface area (TPSA) is 50.9 Å². The van der Waals surface area contributed by atoms with Gasteiger partial charge in [0.1, 0.15) is 5.69 Å². The van der Waals surface area contributed by atoms with E-state index in [0.29, 0.717) is 17.8 Å². The molecule has 1 N–H and O–H groups in total. The minimum absolute atomic E-state index is 0.0668. The van der Waals surface area contributed by atoms with E-state index < -0.39 is 11.7 Å². The quantitative estimate of drug-likeness (QED) is 0.364. The molecular weight excluding hydrogens is 415 g/mol. The molecule has 0 saturated heterocycles. The zero-order valence-electron chi connectivity index (χ0n) is 16.8. The number of halogens is 3. The summed E-state index contributed by atoms with van der Waals surface area (Å²) in [6, 6.07) is 20.7. The fourth-order valence-corrected chi connectivity index (χ4v) is 4.15. The van der Waals surface area contributed by atoms with Crippen LogP contribution in [-0.2, 0) is 19.3 Å². The second-order valence-corrected chi connectivity index (χ2v) is 7.58. The lowest BCUT2D eigenvalue weighted by Gasteiger charge is -2.15. The average Bonchev–Trinajstić information content (AvgIpc) is 3.27. The Kier molecular flexibility index (Phi) is 4.90. The normalized spacial score (nSPS) is 12.0. The van der Waals surface area contributed by atoms with E-state index in [1.807, 2.05) is 48.5 Å². The van der Waals surface area contributed by atoms with Crippen LogP contribution >= 0.6 is 0 Å². The van der Waals surface area contributed by atoms with Crippen molar-refractivity contribution in [3.05, 3.63) is 95.7 Å². The Bertz CT molecular complexity index is 1370. The molecule has 5 rings (SSSR count). The van der Waals surface area contributed by atoms with Crippen molar-refractivity contribution in [1.29, 1.82) is 0 Å². The number of hydrogen-bond donors (Lipinski definition) is 1. The molecule has 1 heterocycles. The van der Waals surface area contributed by atoms with Gasteiger partial charge < -0.3 is 5.11 Å². The summed E-state index contributed by atoms with van der Waals surface area (Å²) in [6.45, 7) is 0.364. The second-order valence-electron chi connectivity index (χ2n) is 7.58. The van der Waals surface area contributed by atoms with E-state index in [2.05, 4.69) is 10.3 Å². The van der Waals surface area contributed by atoms with Crippen LogP contribution in [-0.4, -0.2) is 20.1 Å². The van der Waals surface area contributed by atoms with Crippen molar-refractivity contribution in [2.24, 2.45) is 0 Å². The van der Waals surface area contributed by atoms with Crippen LogP contribution in [0.3, 0.4) is 0 Å². The van der Waals surface area contributed by atoms with Crippen molar-refractivity contribution >= 4 is 21.5 Å². The SMILES string of the molecule is OCc1c2ccccc2c(Cn2cc(-c3ccc(C(F)(F)F)cc3)nn2)c2ccccc12. The molecule has 0 spiro atoms. The second kappa shape index (κ2) is 7.76. The summed E-state index contributed by atoms with van der Waals surface area (Å²) in [7, 11) is 0. The van der Waals surface area contributed by atoms with Gasteiger partial charge in [0.2, 0.25) is 0 Å². The summed E-state index contributed by atoms with van der Waals surface area (Å²) in [5.41, 5.74) is 2.28. The van der Waals surface area contributed by atoms with E-state index in [4.69, 9.17) is 0 Å². The molecule has 0 aliphatic carbocycles. The van der Waals surface area contributed by atoms with Gasteiger partial charge in [-0.2, -0.15) is 13.2 Å². The first-order valence-corrected chi connectivity index (χ1v) is 10.1. The van der Waals surface area contributed by atoms with Crippen molar-refractivity contribution in [3.8, 4) is 11.3 Å². The first-order valence-electron chi connectivity index (χ1n) is 10.1. The summed E-state index contributed by atoms with van der Waals surface area (Å²) in [6.07, 6.45) is -2.65. The van der Waals surface area contributed by atoms with Crippen LogP contribution in [0.2, 0.25) is 0 Å². The fourth-order valence-electron chi connectivity index (χ4n) is 4.15. The fraction of sp³-hybridized carbons (Fsp3) is 0.120. The molecule has 32 heavy (non-hydrogen) atoms. The highest BCUT2D eigenvalue weighted by Gasteiger charge is 2.30. The first kappa shape index (κ1) is 20.2. The van der Waals surface area contributed by atoms with Crippen LogP contribution in [0.5, 0.6) is 0 Å². The van der Waals surface area contributed by atoms with Crippen molar-refractivity contribution in [3.63, 3.8) is 0 Å². The van der Waals surface area contributed by atoms with Gasteiger partial charge >= 0.3 is 6.18 Å². The van der Waals surface area contributed by atoms with Crippen molar-refractivity contribution in [1.82, 2.24) is 15.0 Å². The van der Waals surface area contributed by atoms with E-state index >= 15 is 0 Å². The number of benzene rings is 4. The third-order valence-electron chi connectivity index (χ3n) is 5.68. The summed E-state index contributed by atoms with van der Waals surface area (Å²) in [5.74, 6) is 0. The largest absolute Gasteiger partial charge is 0.416 e. The first-order chi connectivity index (χ1) is 15.5. The summed E-state index contributed by atoms with van der Waals surface area (Å²) < 4.78 is 40.2. The number of aliphatic hydroxyl groups excluding tert-OH is 1. The molecule has 0 amide bonds. The lowest BCUT2D eigenvalue weighted by Crippen LogP contribution is -2.04. The number of alkyl halides is 3. The molecule has 0 atom stereocenters. The molecule has 0 fully saturated rings. The third kappa shape index (κ3) is 3.50. The van der Waals surface area contributed by atoms with Crippen LogP contribution in [0.4, 0.5) is 13.2 Å². The Labute approximate surface area is 181 Å². The van der Waals surface area contributed by atoms with Crippen LogP contribution in [0.15, 0.2) is 79.0 Å². The van der Waals surface area contributed by atoms with Crippen LogP contribution < -0.4 is 0 Å². The standard InChI is InChI=1S/C25H18F3N3O/c26-25(27,28)17-11-9-16(10-12-17)24-14-31(30-29-24)13-22-18-5-1-3-7-20(18)23(15-32)21-8-4-2-6-19(21)22/h1-12,14,32H,13,15H2. The summed E-state index contributed by atoms with van der Waals surface area (Å²) >= 11 is 0. The molecule has 7 heteroatoms. The van der Waals surface area contributed by atoms with Gasteiger partial charge in [-0.15, -0.1) is 5.10 Å². The van der Waals surface area contributed by atoms with Gasteiger partial charge in [0.15, 0.2) is 0 Å². The minimum atomic E-state index is -4.38. The lowest BCUT2D eigenvalue weighted by molar-refractivity contribution is -0.137. The predicted octanol–water partition coefficient (Wildman–Crippen LogP) is 5.81. The van der Waals surface area contributed by atoms with E-state index in [-0.39, 0.29) is 6.61 Å². The number of aliphatic hydroxyl groups is 1. The Morgan fingerprint density at radius 3 is 1.78 bits per heavy atom. The monoisotopic (exact) mass is 433 g/mol. The van der Waals surface area contributed by atoms with Gasteiger partial charge in [-0.1, -0.05) is 65.9 Å². The minimum Gasteiger partial charge on any atom is -0.392 e. The van der Waals surface area contributed by atoms with E-state index in [1.54, 1.807) is 10.9 Å². The smallest absolute Gasteiger partial charge is 0.392 e. The highest BCUT2D eigenvalue weighted by Crippen LogP contribution is 2.34. The van der Waals surface area contributed by atoms with Gasteiger partial charge in [0, 0.05) is 5.56 Å². The van der Waals surface area contributed by atoms with Gasteiger partial charge in [-0.3, -0.25) is 0 Å². The molecule has 160 valence electrons. The molecule has 1 aromatic heterocycles. The molecule has 0 aliphatic heterocycles. The van der Waals surface area contributed by atoms with Crippen LogP contribution in [0.25, 0.3) is 32.8 Å². The lowest BCUT2D eigenvalue weighted by atomic mass is 9.92. The molecular formula is C25H18F3N3O. The number of nitrogens with zero attached hydrogens (tertiary/aromatic N) is 3. The van der Waals surface area contributed by atoms with Gasteiger partial charge in [0.25, 0.3) is 0 Å². The summed E-state index contributed by atoms with van der Waals surface area (Å²) in [4.78, 5) is 0. The summed E-state index contributed by atoms with van der Waals surface area (Å²) in [5, 5.41) is 22.4. The number of hydrogen-bond acceptors (Lipinski definition) is 3. The molecule has 0 radical (unpaired) electrons. The highest BCUT2D eigenvalue weighted by atomic mass is 19.4. The predicted molar refractivity (Wildman–Crippen MR) is 117 cm³/mol. The molecule has 4 aromatic carbocycles. The zero-order chi connectivity index (χ0) is 22.3. The average molecular weight is 433 g/mol. The Hall–Kier alpha value is -3.71. The van der Waals surface area contributed by atoms with Gasteiger partial charge in [-0.25, -0.2) is 4.68 Å².